The minimum absolute atomic E-state index is 0.0122. The number of ether oxygens (including phenoxy) is 1. The highest BCUT2D eigenvalue weighted by atomic mass is 32.1. The van der Waals surface area contributed by atoms with E-state index in [9.17, 15) is 20.1 Å². The molecular formula is C36H18N8O3S2. The van der Waals surface area contributed by atoms with E-state index in [0.29, 0.717) is 51.5 Å². The van der Waals surface area contributed by atoms with E-state index in [-0.39, 0.29) is 44.2 Å². The Morgan fingerprint density at radius 2 is 1.24 bits per heavy atom. The molecule has 13 heteroatoms. The molecule has 3 aliphatic carbocycles. The van der Waals surface area contributed by atoms with Crippen LogP contribution in [0.4, 0.5) is 10.3 Å². The van der Waals surface area contributed by atoms with Crippen molar-refractivity contribution in [3.05, 3.63) is 111 Å². The molecular weight excluding hydrogens is 657 g/mol. The van der Waals surface area contributed by atoms with E-state index in [0.717, 1.165) is 24.1 Å². The van der Waals surface area contributed by atoms with Crippen molar-refractivity contribution >= 4 is 67.1 Å². The molecule has 8 rings (SSSR count). The van der Waals surface area contributed by atoms with Crippen LogP contribution in [0.1, 0.15) is 69.6 Å². The Morgan fingerprint density at radius 1 is 0.755 bits per heavy atom. The first-order chi connectivity index (χ1) is 23.9. The number of benzene rings is 2. The van der Waals surface area contributed by atoms with Crippen LogP contribution in [0.15, 0.2) is 69.9 Å². The Hall–Kier alpha value is -6.38. The summed E-state index contributed by atoms with van der Waals surface area (Å²) in [6.07, 6.45) is 4.21. The molecule has 4 aromatic rings. The molecule has 2 aromatic heterocycles. The van der Waals surface area contributed by atoms with Crippen LogP contribution in [0.2, 0.25) is 0 Å². The van der Waals surface area contributed by atoms with Gasteiger partial charge >= 0.3 is 0 Å². The van der Waals surface area contributed by atoms with Gasteiger partial charge in [0.05, 0.1) is 30.2 Å². The maximum Gasteiger partial charge on any atom is 0.271 e. The van der Waals surface area contributed by atoms with Gasteiger partial charge in [0.2, 0.25) is 27.7 Å². The zero-order chi connectivity index (χ0) is 33.9. The quantitative estimate of drug-likeness (QED) is 0.154. The number of allylic oxidation sites excluding steroid dienone is 4. The van der Waals surface area contributed by atoms with Crippen LogP contribution in [0.3, 0.4) is 0 Å². The molecule has 11 nitrogen and oxygen atoms in total. The summed E-state index contributed by atoms with van der Waals surface area (Å²) in [6.45, 7) is 15.2. The van der Waals surface area contributed by atoms with E-state index >= 15 is 0 Å². The number of rotatable bonds is 2. The van der Waals surface area contributed by atoms with Gasteiger partial charge < -0.3 is 4.74 Å². The summed E-state index contributed by atoms with van der Waals surface area (Å²) < 4.78 is 6.66. The first kappa shape index (κ1) is 30.0. The maximum absolute atomic E-state index is 13.6. The summed E-state index contributed by atoms with van der Waals surface area (Å²) in [7, 11) is 0. The van der Waals surface area contributed by atoms with Crippen LogP contribution in [-0.2, 0) is 5.60 Å². The van der Waals surface area contributed by atoms with Crippen molar-refractivity contribution in [1.82, 2.24) is 9.97 Å². The molecule has 0 bridgehead atoms. The number of nitrogens with zero attached hydrogens (tertiary/aromatic N) is 8. The fourth-order valence-electron chi connectivity index (χ4n) is 6.76. The lowest BCUT2D eigenvalue weighted by Gasteiger charge is -2.38. The molecule has 1 saturated carbocycles. The van der Waals surface area contributed by atoms with Crippen molar-refractivity contribution < 1.29 is 14.3 Å². The number of Topliss-reactive ketones (excluding diaryl/α,β-unsaturated/α-hetero) is 2. The Balaban J connectivity index is 1.28. The average Bonchev–Trinajstić information content (AvgIpc) is 3.87. The minimum atomic E-state index is -0.786. The molecule has 0 amide bonds. The Morgan fingerprint density at radius 3 is 1.76 bits per heavy atom. The Bertz CT molecular complexity index is 2470. The first-order valence-electron chi connectivity index (χ1n) is 15.1. The summed E-state index contributed by atoms with van der Waals surface area (Å²) >= 11 is 2.44. The highest BCUT2D eigenvalue weighted by molar-refractivity contribution is 7.25. The van der Waals surface area contributed by atoms with Crippen LogP contribution in [0.25, 0.3) is 30.6 Å². The monoisotopic (exact) mass is 674 g/mol. The van der Waals surface area contributed by atoms with Gasteiger partial charge in [-0.05, 0) is 36.8 Å². The van der Waals surface area contributed by atoms with E-state index in [1.54, 1.807) is 48.5 Å². The number of aromatic nitrogens is 2. The largest absolute Gasteiger partial charge is 0.463 e. The van der Waals surface area contributed by atoms with Gasteiger partial charge in [-0.15, -0.1) is 0 Å². The molecule has 232 valence electrons. The number of carbonyl (C=O) groups is 2. The first-order valence-corrected chi connectivity index (χ1v) is 16.8. The van der Waals surface area contributed by atoms with E-state index in [1.165, 1.54) is 22.7 Å². The second kappa shape index (κ2) is 11.4. The summed E-state index contributed by atoms with van der Waals surface area (Å²) in [5.41, 5.74) is 1.42. The van der Waals surface area contributed by atoms with Gasteiger partial charge in [-0.2, -0.15) is 4.98 Å². The van der Waals surface area contributed by atoms with Crippen LogP contribution in [-0.4, -0.2) is 33.0 Å². The highest BCUT2D eigenvalue weighted by Crippen LogP contribution is 2.57. The van der Waals surface area contributed by atoms with Crippen molar-refractivity contribution in [3.8, 4) is 27.8 Å². The van der Waals surface area contributed by atoms with Gasteiger partial charge in [0.25, 0.3) is 11.4 Å². The standard InChI is InChI=1S/C36H18N8O3S2/c1-39-22(16-37)24-18-10-4-6-12-20(18)28(45)26(24)41-34-43-32-30(48-34)31-33(47-36(32)14-8-3-9-15-36)44-35(49-31)42-27-25(23(17-38)40-2)19-11-5-7-13-21(19)29(27)46/h4-7,10-13H,3,8-9,14-15H2/b24-22+,25-23-,41-26-,42-27-. The zero-order valence-electron chi connectivity index (χ0n) is 25.3. The number of fused-ring (bicyclic) bond motifs is 6. The second-order valence-corrected chi connectivity index (χ2v) is 13.5. The number of thiazole rings is 2. The lowest BCUT2D eigenvalue weighted by atomic mass is 9.81. The molecule has 0 radical (unpaired) electrons. The number of ketones is 2. The van der Waals surface area contributed by atoms with Gasteiger partial charge in [-0.25, -0.2) is 35.2 Å². The topological polar surface area (TPSA) is 150 Å². The predicted molar refractivity (Wildman–Crippen MR) is 183 cm³/mol. The summed E-state index contributed by atoms with van der Waals surface area (Å²) in [4.78, 5) is 54.1. The SMILES string of the molecule is [C-]#[N+]/C(C#N)=C1\C(=N\c2nc3c(s2)-c2sc(/N=C4\C(=O)c5ccccc5\C4=C(\C#N)[N+]#[C-])nc2C2(CCCCC2)O3)C(=O)c2ccccc21. The number of nitriles is 2. The molecule has 0 N–H and O–H groups in total. The average molecular weight is 675 g/mol. The van der Waals surface area contributed by atoms with Crippen molar-refractivity contribution in [3.63, 3.8) is 0 Å². The Kier molecular flexibility index (Phi) is 6.97. The third-order valence-electron chi connectivity index (χ3n) is 8.90. The molecule has 0 unspecified atom stereocenters. The molecule has 1 fully saturated rings. The number of hydrogen-bond acceptors (Lipinski definition) is 11. The number of carbonyl (C=O) groups excluding carboxylic acids is 2. The summed E-state index contributed by atoms with van der Waals surface area (Å²) in [5.74, 6) is -0.457. The van der Waals surface area contributed by atoms with E-state index in [2.05, 4.69) is 14.7 Å². The fraction of sp³-hybridized carbons (Fsp3) is 0.167. The molecule has 1 aliphatic heterocycles. The van der Waals surface area contributed by atoms with Crippen molar-refractivity contribution in [2.24, 2.45) is 9.98 Å². The van der Waals surface area contributed by atoms with Gasteiger partial charge in [-0.1, -0.05) is 77.6 Å². The van der Waals surface area contributed by atoms with Crippen LogP contribution in [0, 0.1) is 35.8 Å². The lowest BCUT2D eigenvalue weighted by Crippen LogP contribution is -2.38. The maximum atomic E-state index is 13.6. The Labute approximate surface area is 287 Å². The third-order valence-corrected chi connectivity index (χ3v) is 10.9. The zero-order valence-corrected chi connectivity index (χ0v) is 26.9. The van der Waals surface area contributed by atoms with Crippen LogP contribution < -0.4 is 4.74 Å². The summed E-state index contributed by atoms with van der Waals surface area (Å²) in [5, 5.41) is 19.9. The van der Waals surface area contributed by atoms with Crippen molar-refractivity contribution in [1.29, 1.82) is 10.5 Å². The van der Waals surface area contributed by atoms with E-state index < -0.39 is 17.2 Å². The van der Waals surface area contributed by atoms with Crippen molar-refractivity contribution in [2.45, 2.75) is 37.7 Å². The number of hydrogen-bond donors (Lipinski definition) is 0. The molecule has 4 aliphatic rings. The van der Waals surface area contributed by atoms with Gasteiger partial charge in [-0.3, -0.25) is 9.59 Å². The smallest absolute Gasteiger partial charge is 0.271 e. The molecule has 0 atom stereocenters. The molecule has 0 saturated heterocycles. The summed E-state index contributed by atoms with van der Waals surface area (Å²) in [6, 6.07) is 17.4. The van der Waals surface area contributed by atoms with E-state index in [4.69, 9.17) is 32.8 Å². The predicted octanol–water partition coefficient (Wildman–Crippen LogP) is 8.06. The lowest BCUT2D eigenvalue weighted by molar-refractivity contribution is 0.0170. The van der Waals surface area contributed by atoms with Crippen LogP contribution >= 0.6 is 22.7 Å². The molecule has 1 spiro atoms. The second-order valence-electron chi connectivity index (χ2n) is 11.5. The molecule has 3 heterocycles. The number of aliphatic imine (C=N–C) groups is 2. The normalized spacial score (nSPS) is 20.3. The van der Waals surface area contributed by atoms with E-state index in [1.807, 2.05) is 12.1 Å². The third kappa shape index (κ3) is 4.49. The minimum Gasteiger partial charge on any atom is -0.463 e. The highest BCUT2D eigenvalue weighted by Gasteiger charge is 2.47. The van der Waals surface area contributed by atoms with Crippen molar-refractivity contribution in [2.75, 3.05) is 0 Å². The van der Waals surface area contributed by atoms with Gasteiger partial charge in [0.1, 0.15) is 22.0 Å². The molecule has 2 aromatic carbocycles. The molecule has 49 heavy (non-hydrogen) atoms. The van der Waals surface area contributed by atoms with Crippen LogP contribution in [0.5, 0.6) is 5.88 Å². The fourth-order valence-corrected chi connectivity index (χ4v) is 8.79. The van der Waals surface area contributed by atoms with Gasteiger partial charge in [0.15, 0.2) is 5.60 Å². The van der Waals surface area contributed by atoms with Gasteiger partial charge in [0, 0.05) is 22.3 Å².